The molecule has 1 aliphatic carbocycles. The fourth-order valence-corrected chi connectivity index (χ4v) is 4.79. The third kappa shape index (κ3) is 3.10. The van der Waals surface area contributed by atoms with Crippen molar-refractivity contribution in [3.8, 4) is 0 Å². The molecule has 7 nitrogen and oxygen atoms in total. The summed E-state index contributed by atoms with van der Waals surface area (Å²) in [5.74, 6) is -2.51. The molecule has 2 aliphatic rings. The number of benzene rings is 1. The van der Waals surface area contributed by atoms with Gasteiger partial charge in [-0.05, 0) is 42.0 Å². The zero-order valence-electron chi connectivity index (χ0n) is 14.4. The van der Waals surface area contributed by atoms with Gasteiger partial charge < -0.3 is 10.4 Å². The second-order valence-electron chi connectivity index (χ2n) is 7.39. The van der Waals surface area contributed by atoms with E-state index in [1.54, 1.807) is 32.0 Å². The molecule has 1 heterocycles. The summed E-state index contributed by atoms with van der Waals surface area (Å²) >= 11 is 0. The molecule has 0 aromatic heterocycles. The highest BCUT2D eigenvalue weighted by atomic mass is 32.2. The molecule has 1 aliphatic heterocycles. The van der Waals surface area contributed by atoms with Crippen molar-refractivity contribution in [1.82, 2.24) is 0 Å². The van der Waals surface area contributed by atoms with Gasteiger partial charge in [-0.2, -0.15) is 0 Å². The van der Waals surface area contributed by atoms with Crippen molar-refractivity contribution in [2.24, 2.45) is 17.3 Å². The van der Waals surface area contributed by atoms with Crippen LogP contribution >= 0.6 is 0 Å². The van der Waals surface area contributed by atoms with Gasteiger partial charge in [0.2, 0.25) is 15.9 Å². The van der Waals surface area contributed by atoms with E-state index in [1.165, 1.54) is 10.6 Å². The predicted molar refractivity (Wildman–Crippen MR) is 94.0 cm³/mol. The van der Waals surface area contributed by atoms with Gasteiger partial charge in [0, 0.05) is 12.2 Å². The van der Waals surface area contributed by atoms with Crippen molar-refractivity contribution >= 4 is 33.3 Å². The van der Waals surface area contributed by atoms with Crippen LogP contribution in [-0.4, -0.2) is 38.2 Å². The lowest BCUT2D eigenvalue weighted by atomic mass is 10.0. The smallest absolute Gasteiger partial charge is 0.307 e. The summed E-state index contributed by atoms with van der Waals surface area (Å²) in [5, 5.41) is 12.0. The van der Waals surface area contributed by atoms with Crippen LogP contribution in [0.1, 0.15) is 25.8 Å². The Morgan fingerprint density at radius 2 is 1.96 bits per heavy atom. The Bertz CT molecular complexity index is 847. The van der Waals surface area contributed by atoms with Crippen LogP contribution in [0.2, 0.25) is 0 Å². The highest BCUT2D eigenvalue weighted by Crippen LogP contribution is 2.58. The minimum atomic E-state index is -3.33. The summed E-state index contributed by atoms with van der Waals surface area (Å²) in [4.78, 5) is 23.6. The van der Waals surface area contributed by atoms with E-state index < -0.39 is 33.2 Å². The van der Waals surface area contributed by atoms with Crippen LogP contribution in [0.15, 0.2) is 18.2 Å². The van der Waals surface area contributed by atoms with E-state index in [9.17, 15) is 23.1 Å². The van der Waals surface area contributed by atoms with Crippen LogP contribution in [0.4, 0.5) is 11.4 Å². The van der Waals surface area contributed by atoms with Crippen molar-refractivity contribution in [2.45, 2.75) is 26.7 Å². The maximum atomic E-state index is 12.4. The first-order valence-corrected chi connectivity index (χ1v) is 10.0. The molecule has 0 unspecified atom stereocenters. The van der Waals surface area contributed by atoms with Gasteiger partial charge in [0.1, 0.15) is 0 Å². The number of fused-ring (bicyclic) bond motifs is 1. The Hall–Kier alpha value is -2.09. The molecular weight excluding hydrogens is 344 g/mol. The number of sulfonamides is 1. The molecule has 2 atom stereocenters. The minimum absolute atomic E-state index is 0.312. The summed E-state index contributed by atoms with van der Waals surface area (Å²) in [6.45, 7) is 3.99. The monoisotopic (exact) mass is 366 g/mol. The van der Waals surface area contributed by atoms with E-state index in [2.05, 4.69) is 5.32 Å². The van der Waals surface area contributed by atoms with Gasteiger partial charge in [0.25, 0.3) is 0 Å². The molecular formula is C17H22N2O5S. The number of nitrogens with one attached hydrogen (secondary N) is 1. The highest BCUT2D eigenvalue weighted by Gasteiger charge is 2.65. The molecule has 1 amide bonds. The zero-order valence-corrected chi connectivity index (χ0v) is 15.3. The molecule has 0 saturated heterocycles. The van der Waals surface area contributed by atoms with E-state index in [0.29, 0.717) is 24.3 Å². The number of carboxylic acid groups (broad SMARTS) is 1. The number of carbonyl (C=O) groups excluding carboxylic acids is 1. The molecule has 2 N–H and O–H groups in total. The number of aliphatic carboxylic acids is 1. The van der Waals surface area contributed by atoms with Crippen LogP contribution in [0.5, 0.6) is 0 Å². The molecule has 1 saturated carbocycles. The predicted octanol–water partition coefficient (Wildman–Crippen LogP) is 1.69. The van der Waals surface area contributed by atoms with Crippen molar-refractivity contribution in [3.05, 3.63) is 23.8 Å². The standard InChI is InChI=1S/C17H22N2O5S/c1-17(2)13(14(17)16(21)22)15(20)18-11-6-7-12-10(9-11)5-4-8-19(12)25(3,23)24/h6-7,9,13-14H,4-5,8H2,1-3H3,(H,18,20)(H,21,22)/t13-,14-/m1/s1. The Kier molecular flexibility index (Phi) is 4.06. The Morgan fingerprint density at radius 3 is 2.52 bits per heavy atom. The van der Waals surface area contributed by atoms with E-state index in [0.717, 1.165) is 12.0 Å². The molecule has 1 aromatic carbocycles. The number of nitrogens with zero attached hydrogens (tertiary/aromatic N) is 1. The second-order valence-corrected chi connectivity index (χ2v) is 9.29. The molecule has 0 spiro atoms. The first kappa shape index (κ1) is 17.7. The molecule has 3 rings (SSSR count). The van der Waals surface area contributed by atoms with Crippen molar-refractivity contribution < 1.29 is 23.1 Å². The fourth-order valence-electron chi connectivity index (χ4n) is 3.79. The number of hydrogen-bond donors (Lipinski definition) is 2. The largest absolute Gasteiger partial charge is 0.481 e. The fraction of sp³-hybridized carbons (Fsp3) is 0.529. The Labute approximate surface area is 147 Å². The molecule has 0 radical (unpaired) electrons. The lowest BCUT2D eigenvalue weighted by molar-refractivity contribution is -0.140. The van der Waals surface area contributed by atoms with Crippen LogP contribution in [0.3, 0.4) is 0 Å². The summed E-state index contributed by atoms with van der Waals surface area (Å²) in [5.41, 5.74) is 1.50. The van der Waals surface area contributed by atoms with Crippen molar-refractivity contribution in [2.75, 3.05) is 22.4 Å². The zero-order chi connectivity index (χ0) is 18.6. The average molecular weight is 366 g/mol. The summed E-state index contributed by atoms with van der Waals surface area (Å²) in [6, 6.07) is 5.12. The first-order chi connectivity index (χ1) is 11.5. The van der Waals surface area contributed by atoms with E-state index in [1.807, 2.05) is 0 Å². The lowest BCUT2D eigenvalue weighted by Gasteiger charge is -2.29. The number of rotatable bonds is 4. The Morgan fingerprint density at radius 1 is 1.28 bits per heavy atom. The highest BCUT2D eigenvalue weighted by molar-refractivity contribution is 7.92. The maximum Gasteiger partial charge on any atom is 0.307 e. The normalized spacial score (nSPS) is 24.4. The van der Waals surface area contributed by atoms with Crippen molar-refractivity contribution in [3.63, 3.8) is 0 Å². The van der Waals surface area contributed by atoms with Crippen LogP contribution in [0.25, 0.3) is 0 Å². The van der Waals surface area contributed by atoms with Crippen LogP contribution < -0.4 is 9.62 Å². The molecule has 136 valence electrons. The van der Waals surface area contributed by atoms with Crippen molar-refractivity contribution in [1.29, 1.82) is 0 Å². The average Bonchev–Trinajstić information content (AvgIpc) is 3.08. The van der Waals surface area contributed by atoms with E-state index in [-0.39, 0.29) is 5.91 Å². The SMILES string of the molecule is CC1(C)[C@@H](C(=O)O)[C@@H]1C(=O)Nc1ccc2c(c1)CCCN2S(C)(=O)=O. The van der Waals surface area contributed by atoms with Gasteiger partial charge in [-0.25, -0.2) is 8.42 Å². The van der Waals surface area contributed by atoms with Gasteiger partial charge in [0.05, 0.1) is 23.8 Å². The molecule has 1 fully saturated rings. The van der Waals surface area contributed by atoms with E-state index >= 15 is 0 Å². The topological polar surface area (TPSA) is 104 Å². The Balaban J connectivity index is 1.80. The molecule has 8 heteroatoms. The third-order valence-corrected chi connectivity index (χ3v) is 6.38. The lowest BCUT2D eigenvalue weighted by Crippen LogP contribution is -2.34. The first-order valence-electron chi connectivity index (χ1n) is 8.18. The number of aryl methyl sites for hydroxylation is 1. The van der Waals surface area contributed by atoms with E-state index in [4.69, 9.17) is 0 Å². The summed E-state index contributed by atoms with van der Waals surface area (Å²) < 4.78 is 25.1. The quantitative estimate of drug-likeness (QED) is 0.844. The van der Waals surface area contributed by atoms with Gasteiger partial charge in [-0.3, -0.25) is 13.9 Å². The van der Waals surface area contributed by atoms with Gasteiger partial charge in [-0.15, -0.1) is 0 Å². The minimum Gasteiger partial charge on any atom is -0.481 e. The number of anilines is 2. The van der Waals surface area contributed by atoms with Gasteiger partial charge in [-0.1, -0.05) is 13.8 Å². The van der Waals surface area contributed by atoms with Crippen LogP contribution in [0, 0.1) is 17.3 Å². The van der Waals surface area contributed by atoms with Gasteiger partial charge in [0.15, 0.2) is 0 Å². The number of amides is 1. The second kappa shape index (κ2) is 5.72. The van der Waals surface area contributed by atoms with Crippen LogP contribution in [-0.2, 0) is 26.0 Å². The molecule has 25 heavy (non-hydrogen) atoms. The summed E-state index contributed by atoms with van der Waals surface area (Å²) in [6.07, 6.45) is 2.63. The molecule has 0 bridgehead atoms. The number of hydrogen-bond acceptors (Lipinski definition) is 4. The number of carbonyl (C=O) groups is 2. The third-order valence-electron chi connectivity index (χ3n) is 5.20. The number of carboxylic acids is 1. The maximum absolute atomic E-state index is 12.4. The van der Waals surface area contributed by atoms with Gasteiger partial charge >= 0.3 is 5.97 Å². The molecule has 1 aromatic rings. The summed E-state index contributed by atoms with van der Waals surface area (Å²) in [7, 11) is -3.33.